The molecule has 0 aliphatic carbocycles. The molecule has 2 aromatic carbocycles. The van der Waals surface area contributed by atoms with Gasteiger partial charge in [-0.1, -0.05) is 11.6 Å². The highest BCUT2D eigenvalue weighted by Crippen LogP contribution is 2.58. The average Bonchev–Trinajstić information content (AvgIpc) is 2.83. The number of sulfone groups is 2. The van der Waals surface area contributed by atoms with Crippen molar-refractivity contribution in [3.63, 3.8) is 0 Å². The highest BCUT2D eigenvalue weighted by Gasteiger charge is 2.86. The van der Waals surface area contributed by atoms with Gasteiger partial charge in [0.1, 0.15) is 5.82 Å². The molecule has 2 aromatic rings. The molecule has 26 heteroatoms. The first kappa shape index (κ1) is 39.1. The summed E-state index contributed by atoms with van der Waals surface area (Å²) in [5.74, 6) is -18.1. The van der Waals surface area contributed by atoms with Crippen LogP contribution in [-0.4, -0.2) is 69.5 Å². The summed E-state index contributed by atoms with van der Waals surface area (Å²) in [4.78, 5) is -4.10. The number of benzene rings is 2. The van der Waals surface area contributed by atoms with E-state index in [4.69, 9.17) is 16.2 Å². The third kappa shape index (κ3) is 7.42. The standard InChI is InChI=1S/C19H10ClF13O8S4/c20-9-1-6-13(12(21)7-9)42-18(30,31)17(28,29)41-16(26,27)14(22,23)15(24,25)19(32,33)44(36,37)8-43(34,35)10-2-4-11(5-3-10)45(38,39)40/h1-7H,8H2,(H,38,39,40). The summed E-state index contributed by atoms with van der Waals surface area (Å²) < 4.78 is 264. The zero-order valence-electron chi connectivity index (χ0n) is 20.5. The first-order valence-electron chi connectivity index (χ1n) is 10.4. The van der Waals surface area contributed by atoms with Gasteiger partial charge in [-0.3, -0.25) is 4.55 Å². The van der Waals surface area contributed by atoms with Gasteiger partial charge >= 0.3 is 34.6 Å². The Labute approximate surface area is 252 Å². The van der Waals surface area contributed by atoms with Crippen molar-refractivity contribution in [2.45, 2.75) is 49.3 Å². The van der Waals surface area contributed by atoms with Crippen molar-refractivity contribution < 1.29 is 91.6 Å². The van der Waals surface area contributed by atoms with Crippen molar-refractivity contribution in [1.82, 2.24) is 0 Å². The van der Waals surface area contributed by atoms with Crippen LogP contribution in [0.4, 0.5) is 57.1 Å². The van der Waals surface area contributed by atoms with Crippen LogP contribution in [0.1, 0.15) is 0 Å². The molecule has 0 unspecified atom stereocenters. The van der Waals surface area contributed by atoms with E-state index in [-0.39, 0.29) is 36.4 Å². The van der Waals surface area contributed by atoms with Crippen LogP contribution >= 0.6 is 23.4 Å². The molecule has 2 rings (SSSR count). The summed E-state index contributed by atoms with van der Waals surface area (Å²) in [7, 11) is -18.6. The molecule has 0 saturated carbocycles. The van der Waals surface area contributed by atoms with E-state index in [1.165, 1.54) is 0 Å². The van der Waals surface area contributed by atoms with Gasteiger partial charge in [0.05, 0.1) is 9.79 Å². The van der Waals surface area contributed by atoms with Crippen molar-refractivity contribution >= 4 is 53.2 Å². The summed E-state index contributed by atoms with van der Waals surface area (Å²) in [6, 6.07) is 1.66. The summed E-state index contributed by atoms with van der Waals surface area (Å²) in [6.07, 6.45) is -14.8. The second-order valence-corrected chi connectivity index (χ2v) is 15.7. The van der Waals surface area contributed by atoms with Gasteiger partial charge in [0, 0.05) is 9.92 Å². The van der Waals surface area contributed by atoms with E-state index < -0.39 is 107 Å². The molecule has 0 aliphatic rings. The number of hydrogen-bond acceptors (Lipinski definition) is 8. The zero-order chi connectivity index (χ0) is 35.5. The van der Waals surface area contributed by atoms with E-state index in [0.29, 0.717) is 6.07 Å². The van der Waals surface area contributed by atoms with E-state index in [2.05, 4.69) is 0 Å². The van der Waals surface area contributed by atoms with E-state index in [1.807, 2.05) is 4.74 Å². The van der Waals surface area contributed by atoms with Crippen molar-refractivity contribution in [2.75, 3.05) is 5.08 Å². The number of ether oxygens (including phenoxy) is 1. The third-order valence-corrected chi connectivity index (χ3v) is 11.7. The molecular formula is C19H10ClF13O8S4. The van der Waals surface area contributed by atoms with Gasteiger partial charge in [-0.15, -0.1) is 0 Å². The smallest absolute Gasteiger partial charge is 0.282 e. The molecule has 8 nitrogen and oxygen atoms in total. The van der Waals surface area contributed by atoms with Crippen LogP contribution in [0.2, 0.25) is 5.02 Å². The Morgan fingerprint density at radius 1 is 0.711 bits per heavy atom. The molecule has 0 bridgehead atoms. The third-order valence-electron chi connectivity index (χ3n) is 5.03. The first-order valence-corrected chi connectivity index (χ1v) is 16.3. The lowest BCUT2D eigenvalue weighted by atomic mass is 10.1. The second-order valence-electron chi connectivity index (χ2n) is 8.29. The molecule has 0 atom stereocenters. The van der Waals surface area contributed by atoms with Gasteiger partial charge < -0.3 is 0 Å². The highest BCUT2D eigenvalue weighted by atomic mass is 35.5. The Hall–Kier alpha value is -2.06. The summed E-state index contributed by atoms with van der Waals surface area (Å²) >= 11 is 3.58. The van der Waals surface area contributed by atoms with E-state index in [9.17, 15) is 82.3 Å². The quantitative estimate of drug-likeness (QED) is 0.141. The normalized spacial score (nSPS) is 14.9. The number of hydrogen-bond donors (Lipinski definition) is 1. The van der Waals surface area contributed by atoms with Gasteiger partial charge in [-0.25, -0.2) is 26.0 Å². The molecule has 0 saturated heterocycles. The lowest BCUT2D eigenvalue weighted by molar-refractivity contribution is -0.483. The maximum absolute atomic E-state index is 14.3. The summed E-state index contributed by atoms with van der Waals surface area (Å²) in [5.41, 5.74) is 0. The molecule has 0 aliphatic heterocycles. The maximum atomic E-state index is 14.3. The summed E-state index contributed by atoms with van der Waals surface area (Å²) in [6.45, 7) is 0. The van der Waals surface area contributed by atoms with Gasteiger partial charge in [0.2, 0.25) is 9.84 Å². The van der Waals surface area contributed by atoms with Crippen molar-refractivity contribution in [3.05, 3.63) is 53.3 Å². The van der Waals surface area contributed by atoms with Gasteiger partial charge in [-0.2, -0.15) is 61.1 Å². The average molecular weight is 777 g/mol. The van der Waals surface area contributed by atoms with Crippen molar-refractivity contribution in [2.24, 2.45) is 0 Å². The van der Waals surface area contributed by atoms with Crippen LogP contribution in [0.3, 0.4) is 0 Å². The van der Waals surface area contributed by atoms with E-state index in [1.54, 1.807) is 0 Å². The molecular weight excluding hydrogens is 767 g/mol. The molecule has 0 fully saturated rings. The van der Waals surface area contributed by atoms with Crippen LogP contribution in [0.5, 0.6) is 0 Å². The molecule has 0 aromatic heterocycles. The predicted molar refractivity (Wildman–Crippen MR) is 125 cm³/mol. The van der Waals surface area contributed by atoms with Crippen LogP contribution in [0.25, 0.3) is 0 Å². The predicted octanol–water partition coefficient (Wildman–Crippen LogP) is 6.32. The largest absolute Gasteiger partial charge is 0.434 e. The topological polar surface area (TPSA) is 132 Å². The summed E-state index contributed by atoms with van der Waals surface area (Å²) in [5, 5.41) is -17.7. The van der Waals surface area contributed by atoms with Gasteiger partial charge in [-0.05, 0) is 54.2 Å². The van der Waals surface area contributed by atoms with Crippen LogP contribution in [-0.2, 0) is 34.5 Å². The Bertz CT molecular complexity index is 1770. The Morgan fingerprint density at radius 2 is 1.18 bits per heavy atom. The lowest BCUT2D eigenvalue weighted by Crippen LogP contribution is -2.66. The zero-order valence-corrected chi connectivity index (χ0v) is 24.5. The number of thioether (sulfide) groups is 1. The van der Waals surface area contributed by atoms with Gasteiger partial charge in [0.15, 0.2) is 14.9 Å². The number of rotatable bonds is 13. The number of alkyl halides is 12. The van der Waals surface area contributed by atoms with Crippen LogP contribution in [0, 0.1) is 5.82 Å². The SMILES string of the molecule is O=S(=O)(O)c1ccc(S(=O)(=O)CS(=O)(=O)C(F)(F)C(F)(F)C(F)(F)C(F)(F)OC(F)(F)C(F)(F)Sc2ccc(Cl)cc2F)cc1. The minimum absolute atomic E-state index is 0.0943. The lowest BCUT2D eigenvalue weighted by Gasteiger charge is -2.37. The Balaban J connectivity index is 2.45. The first-order chi connectivity index (χ1) is 19.8. The fourth-order valence-electron chi connectivity index (χ4n) is 2.77. The molecule has 0 amide bonds. The molecule has 1 N–H and O–H groups in total. The maximum Gasteiger partial charge on any atom is 0.434 e. The minimum Gasteiger partial charge on any atom is -0.282 e. The van der Waals surface area contributed by atoms with Crippen LogP contribution in [0.15, 0.2) is 57.2 Å². The Morgan fingerprint density at radius 3 is 1.62 bits per heavy atom. The van der Waals surface area contributed by atoms with Crippen molar-refractivity contribution in [1.29, 1.82) is 0 Å². The monoisotopic (exact) mass is 776 g/mol. The molecule has 0 radical (unpaired) electrons. The molecule has 256 valence electrons. The molecule has 0 heterocycles. The molecule has 45 heavy (non-hydrogen) atoms. The fraction of sp³-hybridized carbons (Fsp3) is 0.368. The van der Waals surface area contributed by atoms with Crippen molar-refractivity contribution in [3.8, 4) is 0 Å². The highest BCUT2D eigenvalue weighted by molar-refractivity contribution is 8.08. The van der Waals surface area contributed by atoms with Gasteiger partial charge in [0.25, 0.3) is 10.1 Å². The Kier molecular flexibility index (Phi) is 10.3. The minimum atomic E-state index is -8.15. The second kappa shape index (κ2) is 11.9. The number of halogens is 14. The van der Waals surface area contributed by atoms with E-state index >= 15 is 0 Å². The van der Waals surface area contributed by atoms with E-state index in [0.717, 1.165) is 0 Å². The molecule has 0 spiro atoms. The van der Waals surface area contributed by atoms with Crippen LogP contribution < -0.4 is 0 Å². The fourth-order valence-corrected chi connectivity index (χ4v) is 7.97.